The van der Waals surface area contributed by atoms with Gasteiger partial charge in [-0.3, -0.25) is 4.79 Å². The first-order chi connectivity index (χ1) is 30.8. The van der Waals surface area contributed by atoms with Crippen LogP contribution in [0.1, 0.15) is 168 Å². The summed E-state index contributed by atoms with van der Waals surface area (Å²) in [4.78, 5) is 13.0. The Labute approximate surface area is 383 Å². The molecule has 0 aliphatic carbocycles. The number of aliphatic hydroxyl groups excluding tert-OH is 5. The first-order valence-corrected chi connectivity index (χ1v) is 24.6. The van der Waals surface area contributed by atoms with Gasteiger partial charge in [0.15, 0.2) is 6.29 Å². The Hall–Kier alpha value is -3.15. The highest BCUT2D eigenvalue weighted by molar-refractivity contribution is 5.76. The topological polar surface area (TPSA) is 149 Å². The molecule has 1 fully saturated rings. The summed E-state index contributed by atoms with van der Waals surface area (Å²) in [6.45, 7) is 3.53. The predicted molar refractivity (Wildman–Crippen MR) is 262 cm³/mol. The molecule has 0 spiro atoms. The number of hydrogen-bond donors (Lipinski definition) is 6. The standard InChI is InChI=1S/C54H89NO8/c1-3-5-7-9-11-13-15-16-17-18-19-20-21-22-23-24-25-26-27-28-29-30-31-32-34-36-38-40-42-44-50(58)55-47(46-62-54-53(61)52(60)51(59)49(45-56)63-54)48(57)43-41-39-37-35-33-14-12-10-8-6-4-2/h5,7-8,10-11,13,16-17,19-20,22-23,25-26,33,35,41,43,47-49,51-54,56-57,59-61H,3-4,6,9,12,14-15,18,21,24,27-32,34,36-40,42,44-46H2,1-2H3,(H,55,58)/b7-5-,10-8+,13-11-,17-16-,20-19-,23-22-,26-25-,35-33+,43-41+. The maximum Gasteiger partial charge on any atom is 0.220 e. The van der Waals surface area contributed by atoms with Crippen molar-refractivity contribution in [1.29, 1.82) is 0 Å². The molecule has 0 aromatic heterocycles. The number of nitrogens with one attached hydrogen (secondary N) is 1. The van der Waals surface area contributed by atoms with Gasteiger partial charge in [-0.25, -0.2) is 0 Å². The third-order valence-corrected chi connectivity index (χ3v) is 10.8. The zero-order valence-electron chi connectivity index (χ0n) is 39.3. The number of carbonyl (C=O) groups is 1. The van der Waals surface area contributed by atoms with Gasteiger partial charge in [0.1, 0.15) is 24.4 Å². The molecule has 0 aromatic rings. The number of aliphatic hydroxyl groups is 5. The summed E-state index contributed by atoms with van der Waals surface area (Å²) in [6.07, 6.45) is 55.8. The second-order valence-corrected chi connectivity index (χ2v) is 16.5. The second kappa shape index (κ2) is 42.8. The molecule has 63 heavy (non-hydrogen) atoms. The van der Waals surface area contributed by atoms with Gasteiger partial charge in [0.05, 0.1) is 25.4 Å². The molecule has 7 atom stereocenters. The summed E-state index contributed by atoms with van der Waals surface area (Å²) in [5, 5.41) is 54.1. The summed E-state index contributed by atoms with van der Waals surface area (Å²) >= 11 is 0. The lowest BCUT2D eigenvalue weighted by Crippen LogP contribution is -2.60. The zero-order chi connectivity index (χ0) is 45.9. The number of amides is 1. The second-order valence-electron chi connectivity index (χ2n) is 16.5. The van der Waals surface area contributed by atoms with Gasteiger partial charge in [0.25, 0.3) is 0 Å². The van der Waals surface area contributed by atoms with E-state index in [1.165, 1.54) is 38.5 Å². The number of carbonyl (C=O) groups excluding carboxylic acids is 1. The Bertz CT molecular complexity index is 1340. The van der Waals surface area contributed by atoms with Crippen LogP contribution in [0.15, 0.2) is 109 Å². The average molecular weight is 880 g/mol. The van der Waals surface area contributed by atoms with Gasteiger partial charge >= 0.3 is 0 Å². The molecule has 9 heteroatoms. The Morgan fingerprint density at radius 1 is 0.556 bits per heavy atom. The summed E-state index contributed by atoms with van der Waals surface area (Å²) < 4.78 is 11.2. The molecule has 9 nitrogen and oxygen atoms in total. The van der Waals surface area contributed by atoms with Crippen molar-refractivity contribution in [3.05, 3.63) is 109 Å². The van der Waals surface area contributed by atoms with Crippen molar-refractivity contribution in [1.82, 2.24) is 5.32 Å². The minimum atomic E-state index is -1.58. The maximum atomic E-state index is 13.0. The molecule has 1 amide bonds. The molecule has 1 aliphatic rings. The molecule has 1 saturated heterocycles. The molecular weight excluding hydrogens is 791 g/mol. The summed E-state index contributed by atoms with van der Waals surface area (Å²) in [5.41, 5.74) is 0. The van der Waals surface area contributed by atoms with Crippen LogP contribution in [0.25, 0.3) is 0 Å². The molecular formula is C54H89NO8. The van der Waals surface area contributed by atoms with Crippen LogP contribution in [-0.4, -0.2) is 87.5 Å². The van der Waals surface area contributed by atoms with E-state index in [0.717, 1.165) is 109 Å². The molecule has 1 heterocycles. The van der Waals surface area contributed by atoms with E-state index >= 15 is 0 Å². The van der Waals surface area contributed by atoms with Gasteiger partial charge in [-0.05, 0) is 89.9 Å². The predicted octanol–water partition coefficient (Wildman–Crippen LogP) is 11.1. The van der Waals surface area contributed by atoms with Crippen molar-refractivity contribution in [3.63, 3.8) is 0 Å². The highest BCUT2D eigenvalue weighted by atomic mass is 16.7. The number of rotatable bonds is 39. The lowest BCUT2D eigenvalue weighted by molar-refractivity contribution is -0.302. The number of hydrogen-bond acceptors (Lipinski definition) is 8. The van der Waals surface area contributed by atoms with Gasteiger partial charge in [-0.15, -0.1) is 0 Å². The summed E-state index contributed by atoms with van der Waals surface area (Å²) in [6, 6.07) is -0.836. The molecule has 6 N–H and O–H groups in total. The fourth-order valence-corrected chi connectivity index (χ4v) is 6.90. The number of unbranched alkanes of at least 4 members (excludes halogenated alkanes) is 13. The van der Waals surface area contributed by atoms with Gasteiger partial charge in [-0.2, -0.15) is 0 Å². The molecule has 0 radical (unpaired) electrons. The van der Waals surface area contributed by atoms with Crippen molar-refractivity contribution in [2.45, 2.75) is 211 Å². The molecule has 0 bridgehead atoms. The van der Waals surface area contributed by atoms with Crippen LogP contribution < -0.4 is 5.32 Å². The smallest absolute Gasteiger partial charge is 0.220 e. The van der Waals surface area contributed by atoms with Crippen LogP contribution in [0.5, 0.6) is 0 Å². The monoisotopic (exact) mass is 880 g/mol. The van der Waals surface area contributed by atoms with E-state index in [1.807, 2.05) is 6.08 Å². The molecule has 358 valence electrons. The van der Waals surface area contributed by atoms with E-state index in [1.54, 1.807) is 6.08 Å². The maximum absolute atomic E-state index is 13.0. The third-order valence-electron chi connectivity index (χ3n) is 10.8. The lowest BCUT2D eigenvalue weighted by Gasteiger charge is -2.40. The Kier molecular flexibility index (Phi) is 39.3. The van der Waals surface area contributed by atoms with Crippen LogP contribution in [0.4, 0.5) is 0 Å². The molecule has 1 rings (SSSR count). The molecule has 1 aliphatic heterocycles. The van der Waals surface area contributed by atoms with Crippen molar-refractivity contribution in [2.75, 3.05) is 13.2 Å². The van der Waals surface area contributed by atoms with Gasteiger partial charge < -0.3 is 40.3 Å². The molecule has 7 unspecified atom stereocenters. The van der Waals surface area contributed by atoms with Crippen LogP contribution in [0.3, 0.4) is 0 Å². The van der Waals surface area contributed by atoms with Crippen molar-refractivity contribution in [3.8, 4) is 0 Å². The molecule has 0 saturated carbocycles. The van der Waals surface area contributed by atoms with Crippen LogP contribution in [0, 0.1) is 0 Å². The van der Waals surface area contributed by atoms with Crippen molar-refractivity contribution in [2.24, 2.45) is 0 Å². The average Bonchev–Trinajstić information content (AvgIpc) is 3.28. The minimum absolute atomic E-state index is 0.204. The Balaban J connectivity index is 2.24. The van der Waals surface area contributed by atoms with Crippen LogP contribution >= 0.6 is 0 Å². The van der Waals surface area contributed by atoms with E-state index in [-0.39, 0.29) is 12.5 Å². The SMILES string of the molecule is CC/C=C\C/C=C\C/C=C\C/C=C\C/C=C\C/C=C\CCCCCCCCCCCCC(=O)NC(COC1OC(CO)C(O)C(O)C1O)C(O)/C=C/CC/C=C/CC/C=C/CCC. The fraction of sp³-hybridized carbons (Fsp3) is 0.648. The number of allylic oxidation sites excluding steroid dienone is 17. The third kappa shape index (κ3) is 33.1. The lowest BCUT2D eigenvalue weighted by atomic mass is 9.99. The molecule has 0 aromatic carbocycles. The normalized spacial score (nSPS) is 21.2. The summed E-state index contributed by atoms with van der Waals surface area (Å²) in [5.74, 6) is -0.204. The fourth-order valence-electron chi connectivity index (χ4n) is 6.90. The van der Waals surface area contributed by atoms with Crippen LogP contribution in [-0.2, 0) is 14.3 Å². The van der Waals surface area contributed by atoms with E-state index in [2.05, 4.69) is 116 Å². The van der Waals surface area contributed by atoms with E-state index in [0.29, 0.717) is 6.42 Å². The Morgan fingerprint density at radius 3 is 1.51 bits per heavy atom. The van der Waals surface area contributed by atoms with E-state index in [9.17, 15) is 30.3 Å². The largest absolute Gasteiger partial charge is 0.394 e. The first-order valence-electron chi connectivity index (χ1n) is 24.6. The quantitative estimate of drug-likeness (QED) is 0.0264. The van der Waals surface area contributed by atoms with Crippen LogP contribution in [0.2, 0.25) is 0 Å². The van der Waals surface area contributed by atoms with Gasteiger partial charge in [0, 0.05) is 6.42 Å². The zero-order valence-corrected chi connectivity index (χ0v) is 39.3. The van der Waals surface area contributed by atoms with Crippen molar-refractivity contribution >= 4 is 5.91 Å². The Morgan fingerprint density at radius 2 is 1.00 bits per heavy atom. The van der Waals surface area contributed by atoms with Gasteiger partial charge in [-0.1, -0.05) is 181 Å². The summed E-state index contributed by atoms with van der Waals surface area (Å²) in [7, 11) is 0. The van der Waals surface area contributed by atoms with E-state index < -0.39 is 49.5 Å². The first kappa shape index (κ1) is 57.9. The van der Waals surface area contributed by atoms with Crippen molar-refractivity contribution < 1.29 is 39.8 Å². The minimum Gasteiger partial charge on any atom is -0.394 e. The van der Waals surface area contributed by atoms with Gasteiger partial charge in [0.2, 0.25) is 5.91 Å². The number of ether oxygens (including phenoxy) is 2. The van der Waals surface area contributed by atoms with E-state index in [4.69, 9.17) is 9.47 Å². The highest BCUT2D eigenvalue weighted by Gasteiger charge is 2.44. The highest BCUT2D eigenvalue weighted by Crippen LogP contribution is 2.22.